The zero-order valence-electron chi connectivity index (χ0n) is 18.6. The van der Waals surface area contributed by atoms with Crippen LogP contribution in [0.15, 0.2) is 108 Å². The molecule has 0 heterocycles. The highest BCUT2D eigenvalue weighted by Gasteiger charge is 2.37. The van der Waals surface area contributed by atoms with E-state index in [-0.39, 0.29) is 5.41 Å². The smallest absolute Gasteiger partial charge is 0.0488 e. The van der Waals surface area contributed by atoms with Crippen molar-refractivity contribution in [3.05, 3.63) is 142 Å². The molecule has 1 heteroatoms. The van der Waals surface area contributed by atoms with E-state index in [9.17, 15) is 0 Å². The molecule has 1 aliphatic rings. The summed E-state index contributed by atoms with van der Waals surface area (Å²) in [6.07, 6.45) is 11.3. The average molecular weight is 435 g/mol. The largest absolute Gasteiger partial charge is 0.127 e. The molecule has 0 N–H and O–H groups in total. The van der Waals surface area contributed by atoms with Gasteiger partial charge in [-0.05, 0) is 64.5 Å². The zero-order valence-corrected chi connectivity index (χ0v) is 19.4. The summed E-state index contributed by atoms with van der Waals surface area (Å²) in [4.78, 5) is 0. The van der Waals surface area contributed by atoms with E-state index in [0.717, 1.165) is 12.0 Å². The molecule has 0 atom stereocenters. The van der Waals surface area contributed by atoms with Gasteiger partial charge in [0, 0.05) is 10.4 Å². The van der Waals surface area contributed by atoms with Crippen molar-refractivity contribution in [1.29, 1.82) is 0 Å². The van der Waals surface area contributed by atoms with Gasteiger partial charge < -0.3 is 0 Å². The summed E-state index contributed by atoms with van der Waals surface area (Å²) in [5.74, 6) is 0. The summed E-state index contributed by atoms with van der Waals surface area (Å²) < 4.78 is 0. The van der Waals surface area contributed by atoms with Crippen LogP contribution in [0.1, 0.15) is 53.6 Å². The SMILES string of the molecule is C=C=C/C(Cl)=C\C(=C\CC)c1ccccc1C1(C)c2ccccc2C=Cc2ccccc21. The fraction of sp³-hybridized carbons (Fsp3) is 0.129. The minimum Gasteiger partial charge on any atom is -0.127 e. The predicted octanol–water partition coefficient (Wildman–Crippen LogP) is 8.78. The van der Waals surface area contributed by atoms with Crippen LogP contribution in [0.2, 0.25) is 0 Å². The quantitative estimate of drug-likeness (QED) is 0.278. The van der Waals surface area contributed by atoms with Crippen LogP contribution in [0.25, 0.3) is 17.7 Å². The maximum atomic E-state index is 6.47. The lowest BCUT2D eigenvalue weighted by Gasteiger charge is -2.35. The van der Waals surface area contributed by atoms with Crippen molar-refractivity contribution in [2.24, 2.45) is 0 Å². The minimum absolute atomic E-state index is 0.339. The van der Waals surface area contributed by atoms with Crippen LogP contribution >= 0.6 is 11.6 Å². The van der Waals surface area contributed by atoms with E-state index < -0.39 is 0 Å². The molecule has 0 aliphatic heterocycles. The summed E-state index contributed by atoms with van der Waals surface area (Å²) >= 11 is 6.47. The number of allylic oxidation sites excluding steroid dienone is 5. The molecule has 0 aromatic heterocycles. The molecule has 0 amide bonds. The third-order valence-corrected chi connectivity index (χ3v) is 6.39. The Bertz CT molecular complexity index is 1230. The molecule has 0 saturated carbocycles. The van der Waals surface area contributed by atoms with Gasteiger partial charge in [0.1, 0.15) is 0 Å². The lowest BCUT2D eigenvalue weighted by atomic mass is 9.67. The van der Waals surface area contributed by atoms with Crippen LogP contribution in [0, 0.1) is 0 Å². The maximum Gasteiger partial charge on any atom is 0.0488 e. The second kappa shape index (κ2) is 9.45. The number of fused-ring (bicyclic) bond motifs is 2. The van der Waals surface area contributed by atoms with Crippen LogP contribution in [-0.2, 0) is 5.41 Å². The highest BCUT2D eigenvalue weighted by Crippen LogP contribution is 2.46. The molecule has 0 unspecified atom stereocenters. The van der Waals surface area contributed by atoms with Crippen molar-refractivity contribution in [2.45, 2.75) is 25.7 Å². The summed E-state index contributed by atoms with van der Waals surface area (Å²) in [5.41, 5.74) is 11.1. The molecule has 1 aliphatic carbocycles. The van der Waals surface area contributed by atoms with E-state index in [1.54, 1.807) is 6.08 Å². The Labute approximate surface area is 196 Å². The molecule has 0 radical (unpaired) electrons. The monoisotopic (exact) mass is 434 g/mol. The molecule has 3 aromatic rings. The molecule has 158 valence electrons. The van der Waals surface area contributed by atoms with Crippen LogP contribution < -0.4 is 0 Å². The number of halogens is 1. The number of rotatable bonds is 5. The first-order chi connectivity index (χ1) is 15.6. The Kier molecular flexibility index (Phi) is 6.47. The number of hydrogen-bond donors (Lipinski definition) is 0. The van der Waals surface area contributed by atoms with Crippen LogP contribution in [-0.4, -0.2) is 0 Å². The van der Waals surface area contributed by atoms with Gasteiger partial charge in [-0.25, -0.2) is 0 Å². The van der Waals surface area contributed by atoms with E-state index in [4.69, 9.17) is 11.6 Å². The fourth-order valence-electron chi connectivity index (χ4n) is 4.74. The molecule has 3 aromatic carbocycles. The molecule has 32 heavy (non-hydrogen) atoms. The Hall–Kier alpha value is -3.31. The summed E-state index contributed by atoms with van der Waals surface area (Å²) in [6, 6.07) is 26.1. The molecular formula is C31H27Cl. The average Bonchev–Trinajstić information content (AvgIpc) is 2.95. The van der Waals surface area contributed by atoms with Crippen LogP contribution in [0.5, 0.6) is 0 Å². The molecule has 0 spiro atoms. The maximum absolute atomic E-state index is 6.47. The van der Waals surface area contributed by atoms with Crippen molar-refractivity contribution in [2.75, 3.05) is 0 Å². The zero-order chi connectivity index (χ0) is 22.6. The third-order valence-electron chi connectivity index (χ3n) is 6.18. The molecule has 0 nitrogen and oxygen atoms in total. The fourth-order valence-corrected chi connectivity index (χ4v) is 4.93. The Morgan fingerprint density at radius 2 is 1.41 bits per heavy atom. The van der Waals surface area contributed by atoms with Gasteiger partial charge >= 0.3 is 0 Å². The molecule has 0 bridgehead atoms. The minimum atomic E-state index is -0.339. The van der Waals surface area contributed by atoms with Gasteiger partial charge in [-0.3, -0.25) is 0 Å². The normalized spacial score (nSPS) is 14.7. The van der Waals surface area contributed by atoms with Gasteiger partial charge in [-0.15, -0.1) is 5.73 Å². The van der Waals surface area contributed by atoms with Crippen molar-refractivity contribution in [3.63, 3.8) is 0 Å². The summed E-state index contributed by atoms with van der Waals surface area (Å²) in [5, 5.41) is 0.614. The molecule has 0 saturated heterocycles. The van der Waals surface area contributed by atoms with Crippen molar-refractivity contribution < 1.29 is 0 Å². The molecular weight excluding hydrogens is 408 g/mol. The van der Waals surface area contributed by atoms with E-state index in [1.807, 2.05) is 6.08 Å². The van der Waals surface area contributed by atoms with Crippen LogP contribution in [0.4, 0.5) is 0 Å². The second-order valence-electron chi connectivity index (χ2n) is 8.12. The number of hydrogen-bond acceptors (Lipinski definition) is 0. The standard InChI is InChI=1S/C31H27Cl/c1-4-12-25(22-26(32)13-5-2)27-16-8-11-19-30(27)31(3)28-17-9-6-14-23(28)20-21-24-15-7-10-18-29(24)31/h6-22H,2,4H2,1,3H3/b25-12-,26-22+. The Morgan fingerprint density at radius 3 is 1.97 bits per heavy atom. The lowest BCUT2D eigenvalue weighted by Crippen LogP contribution is -2.28. The van der Waals surface area contributed by atoms with Crippen molar-refractivity contribution in [1.82, 2.24) is 0 Å². The van der Waals surface area contributed by atoms with Gasteiger partial charge in [0.2, 0.25) is 0 Å². The van der Waals surface area contributed by atoms with Gasteiger partial charge in [-0.1, -0.05) is 116 Å². The summed E-state index contributed by atoms with van der Waals surface area (Å²) in [6.45, 7) is 8.15. The topological polar surface area (TPSA) is 0 Å². The van der Waals surface area contributed by atoms with Crippen molar-refractivity contribution >= 4 is 29.3 Å². The third kappa shape index (κ3) is 3.96. The Balaban J connectivity index is 2.05. The van der Waals surface area contributed by atoms with Gasteiger partial charge in [0.15, 0.2) is 0 Å². The molecule has 0 fully saturated rings. The lowest BCUT2D eigenvalue weighted by molar-refractivity contribution is 0.689. The second-order valence-corrected chi connectivity index (χ2v) is 8.56. The first kappa shape index (κ1) is 21.9. The van der Waals surface area contributed by atoms with Gasteiger partial charge in [0.25, 0.3) is 0 Å². The van der Waals surface area contributed by atoms with E-state index in [2.05, 4.69) is 117 Å². The van der Waals surface area contributed by atoms with E-state index in [0.29, 0.717) is 5.03 Å². The van der Waals surface area contributed by atoms with Crippen molar-refractivity contribution in [3.8, 4) is 0 Å². The van der Waals surface area contributed by atoms with Gasteiger partial charge in [-0.2, -0.15) is 0 Å². The molecule has 4 rings (SSSR count). The highest BCUT2D eigenvalue weighted by atomic mass is 35.5. The summed E-state index contributed by atoms with van der Waals surface area (Å²) in [7, 11) is 0. The first-order valence-electron chi connectivity index (χ1n) is 11.0. The van der Waals surface area contributed by atoms with E-state index in [1.165, 1.54) is 33.4 Å². The van der Waals surface area contributed by atoms with E-state index >= 15 is 0 Å². The highest BCUT2D eigenvalue weighted by molar-refractivity contribution is 6.31. The van der Waals surface area contributed by atoms with Crippen LogP contribution in [0.3, 0.4) is 0 Å². The number of benzene rings is 3. The Morgan fingerprint density at radius 1 is 0.875 bits per heavy atom. The van der Waals surface area contributed by atoms with Gasteiger partial charge in [0.05, 0.1) is 0 Å². The predicted molar refractivity (Wildman–Crippen MR) is 140 cm³/mol. The first-order valence-corrected chi connectivity index (χ1v) is 11.4.